The molecule has 1 aliphatic rings. The van der Waals surface area contributed by atoms with Crippen LogP contribution in [-0.2, 0) is 4.79 Å². The molecule has 0 radical (unpaired) electrons. The van der Waals surface area contributed by atoms with Gasteiger partial charge in [-0.2, -0.15) is 5.10 Å². The topological polar surface area (TPSA) is 132 Å². The van der Waals surface area contributed by atoms with Gasteiger partial charge in [-0.25, -0.2) is 5.43 Å². The van der Waals surface area contributed by atoms with Gasteiger partial charge in [-0.15, -0.1) is 0 Å². The van der Waals surface area contributed by atoms with Gasteiger partial charge in [0.25, 0.3) is 17.5 Å². The molecule has 3 aromatic rings. The summed E-state index contributed by atoms with van der Waals surface area (Å²) in [6.45, 7) is 0.143. The average Bonchev–Trinajstić information content (AvgIpc) is 3.32. The van der Waals surface area contributed by atoms with E-state index in [-0.39, 0.29) is 18.2 Å². The molecule has 0 spiro atoms. The summed E-state index contributed by atoms with van der Waals surface area (Å²) in [5, 5.41) is 17.4. The summed E-state index contributed by atoms with van der Waals surface area (Å²) in [7, 11) is 0. The van der Waals surface area contributed by atoms with Gasteiger partial charge in [0.15, 0.2) is 11.5 Å². The average molecular weight is 458 g/mol. The number of amides is 2. The van der Waals surface area contributed by atoms with Gasteiger partial charge in [0.05, 0.1) is 11.1 Å². The second kappa shape index (κ2) is 10.1. The smallest absolute Gasteiger partial charge is 0.287 e. The Kier molecular flexibility index (Phi) is 6.59. The maximum absolute atomic E-state index is 12.8. The molecule has 170 valence electrons. The third kappa shape index (κ3) is 5.43. The molecule has 0 atom stereocenters. The molecule has 0 aromatic heterocycles. The minimum atomic E-state index is -0.681. The van der Waals surface area contributed by atoms with Crippen molar-refractivity contribution >= 4 is 29.8 Å². The van der Waals surface area contributed by atoms with Gasteiger partial charge < -0.3 is 14.8 Å². The van der Waals surface area contributed by atoms with Crippen molar-refractivity contribution in [3.05, 3.63) is 105 Å². The number of hydrogen-bond donors (Lipinski definition) is 2. The highest BCUT2D eigenvalue weighted by atomic mass is 16.7. The Hall–Kier alpha value is -4.99. The fourth-order valence-corrected chi connectivity index (χ4v) is 3.02. The van der Waals surface area contributed by atoms with Crippen LogP contribution >= 0.6 is 0 Å². The molecule has 2 N–H and O–H groups in total. The number of rotatable bonds is 7. The molecule has 10 heteroatoms. The molecular weight excluding hydrogens is 440 g/mol. The molecule has 1 heterocycles. The van der Waals surface area contributed by atoms with Crippen molar-refractivity contribution in [2.45, 2.75) is 0 Å². The Labute approximate surface area is 193 Å². The Bertz CT molecular complexity index is 1290. The minimum absolute atomic E-state index is 0.0921. The van der Waals surface area contributed by atoms with E-state index in [0.717, 1.165) is 0 Å². The van der Waals surface area contributed by atoms with Crippen LogP contribution in [0.5, 0.6) is 11.5 Å². The minimum Gasteiger partial charge on any atom is -0.454 e. The number of fused-ring (bicyclic) bond motifs is 1. The SMILES string of the molecule is O=C(N/N=C\c1ccc2c(c1)OCO2)/C(=C/c1ccc([N+](=O)[O-])cc1)NC(=O)c1ccccc1. The van der Waals surface area contributed by atoms with Gasteiger partial charge in [-0.1, -0.05) is 18.2 Å². The van der Waals surface area contributed by atoms with E-state index in [2.05, 4.69) is 15.8 Å². The number of carbonyl (C=O) groups excluding carboxylic acids is 2. The van der Waals surface area contributed by atoms with Crippen molar-refractivity contribution < 1.29 is 24.0 Å². The quantitative estimate of drug-likeness (QED) is 0.242. The van der Waals surface area contributed by atoms with Crippen molar-refractivity contribution in [2.75, 3.05) is 6.79 Å². The highest BCUT2D eigenvalue weighted by Crippen LogP contribution is 2.31. The lowest BCUT2D eigenvalue weighted by Gasteiger charge is -2.09. The van der Waals surface area contributed by atoms with Gasteiger partial charge in [0, 0.05) is 17.7 Å². The van der Waals surface area contributed by atoms with Crippen LogP contribution in [0.2, 0.25) is 0 Å². The van der Waals surface area contributed by atoms with Gasteiger partial charge >= 0.3 is 0 Å². The molecule has 0 saturated heterocycles. The summed E-state index contributed by atoms with van der Waals surface area (Å²) in [5.41, 5.74) is 3.68. The summed E-state index contributed by atoms with van der Waals surface area (Å²) in [5.74, 6) is 0.0190. The van der Waals surface area contributed by atoms with Crippen molar-refractivity contribution in [2.24, 2.45) is 5.10 Å². The van der Waals surface area contributed by atoms with Crippen LogP contribution in [0, 0.1) is 10.1 Å². The fourth-order valence-electron chi connectivity index (χ4n) is 3.02. The van der Waals surface area contributed by atoms with Crippen molar-refractivity contribution in [1.82, 2.24) is 10.7 Å². The molecule has 3 aromatic carbocycles. The van der Waals surface area contributed by atoms with Crippen LogP contribution in [-0.4, -0.2) is 29.7 Å². The Balaban J connectivity index is 1.52. The van der Waals surface area contributed by atoms with E-state index in [4.69, 9.17) is 9.47 Å². The monoisotopic (exact) mass is 458 g/mol. The van der Waals surface area contributed by atoms with Crippen LogP contribution in [0.3, 0.4) is 0 Å². The first-order valence-electron chi connectivity index (χ1n) is 10.1. The number of nitrogens with zero attached hydrogens (tertiary/aromatic N) is 2. The lowest BCUT2D eigenvalue weighted by molar-refractivity contribution is -0.384. The molecule has 1 aliphatic heterocycles. The summed E-state index contributed by atoms with van der Waals surface area (Å²) in [6, 6.07) is 19.1. The molecule has 2 amide bonds. The summed E-state index contributed by atoms with van der Waals surface area (Å²) >= 11 is 0. The molecule has 0 unspecified atom stereocenters. The summed E-state index contributed by atoms with van der Waals surface area (Å²) in [4.78, 5) is 35.8. The van der Waals surface area contributed by atoms with Crippen LogP contribution < -0.4 is 20.2 Å². The Morgan fingerprint density at radius 3 is 2.38 bits per heavy atom. The Morgan fingerprint density at radius 2 is 1.65 bits per heavy atom. The molecule has 4 rings (SSSR count). The first-order valence-corrected chi connectivity index (χ1v) is 10.1. The number of ether oxygens (including phenoxy) is 2. The predicted molar refractivity (Wildman–Crippen MR) is 123 cm³/mol. The highest BCUT2D eigenvalue weighted by Gasteiger charge is 2.15. The van der Waals surface area contributed by atoms with Crippen LogP contribution in [0.25, 0.3) is 6.08 Å². The van der Waals surface area contributed by atoms with E-state index >= 15 is 0 Å². The van der Waals surface area contributed by atoms with E-state index in [9.17, 15) is 19.7 Å². The van der Waals surface area contributed by atoms with Gasteiger partial charge in [0.2, 0.25) is 6.79 Å². The third-order valence-electron chi connectivity index (χ3n) is 4.72. The Morgan fingerprint density at radius 1 is 0.941 bits per heavy atom. The fraction of sp³-hybridized carbons (Fsp3) is 0.0417. The molecule has 10 nitrogen and oxygen atoms in total. The van der Waals surface area contributed by atoms with Crippen LogP contribution in [0.4, 0.5) is 5.69 Å². The number of benzene rings is 3. The molecule has 0 aliphatic carbocycles. The van der Waals surface area contributed by atoms with Crippen molar-refractivity contribution in [3.8, 4) is 11.5 Å². The third-order valence-corrected chi connectivity index (χ3v) is 4.72. The summed E-state index contributed by atoms with van der Waals surface area (Å²) < 4.78 is 10.6. The molecular formula is C24H18N4O6. The zero-order valence-corrected chi connectivity index (χ0v) is 17.6. The first-order chi connectivity index (χ1) is 16.5. The van der Waals surface area contributed by atoms with E-state index in [1.165, 1.54) is 36.6 Å². The van der Waals surface area contributed by atoms with E-state index < -0.39 is 16.7 Å². The number of nitro groups is 1. The van der Waals surface area contributed by atoms with Crippen LogP contribution in [0.1, 0.15) is 21.5 Å². The van der Waals surface area contributed by atoms with Gasteiger partial charge in [-0.3, -0.25) is 19.7 Å². The maximum atomic E-state index is 12.8. The van der Waals surface area contributed by atoms with E-state index in [0.29, 0.717) is 28.2 Å². The number of nitro benzene ring substituents is 1. The lowest BCUT2D eigenvalue weighted by Crippen LogP contribution is -2.32. The number of hydrogen-bond acceptors (Lipinski definition) is 7. The van der Waals surface area contributed by atoms with E-state index in [1.807, 2.05) is 0 Å². The van der Waals surface area contributed by atoms with Gasteiger partial charge in [-0.05, 0) is 59.7 Å². The molecule has 34 heavy (non-hydrogen) atoms. The van der Waals surface area contributed by atoms with Gasteiger partial charge in [0.1, 0.15) is 5.70 Å². The van der Waals surface area contributed by atoms with E-state index in [1.54, 1.807) is 48.5 Å². The second-order valence-corrected chi connectivity index (χ2v) is 7.04. The zero-order valence-electron chi connectivity index (χ0n) is 17.6. The lowest BCUT2D eigenvalue weighted by atomic mass is 10.1. The maximum Gasteiger partial charge on any atom is 0.287 e. The number of nitrogens with one attached hydrogen (secondary N) is 2. The summed E-state index contributed by atoms with van der Waals surface area (Å²) in [6.07, 6.45) is 2.82. The van der Waals surface area contributed by atoms with Crippen molar-refractivity contribution in [1.29, 1.82) is 0 Å². The molecule has 0 saturated carbocycles. The highest BCUT2D eigenvalue weighted by molar-refractivity contribution is 6.05. The second-order valence-electron chi connectivity index (χ2n) is 7.04. The number of carbonyl (C=O) groups is 2. The largest absolute Gasteiger partial charge is 0.454 e. The first kappa shape index (κ1) is 22.2. The molecule has 0 fully saturated rings. The molecule has 0 bridgehead atoms. The normalized spacial score (nSPS) is 12.4. The number of non-ortho nitro benzene ring substituents is 1. The predicted octanol–water partition coefficient (Wildman–Crippen LogP) is 3.24. The van der Waals surface area contributed by atoms with Crippen molar-refractivity contribution in [3.63, 3.8) is 0 Å². The number of hydrazone groups is 1. The standard InChI is InChI=1S/C24H18N4O6/c29-23(18-4-2-1-3-5-18)26-20(12-16-6-9-19(10-7-16)28(31)32)24(30)27-25-14-17-8-11-21-22(13-17)34-15-33-21/h1-14H,15H2,(H,26,29)(H,27,30)/b20-12-,25-14-. The zero-order chi connectivity index (χ0) is 23.9. The van der Waals surface area contributed by atoms with Crippen LogP contribution in [0.15, 0.2) is 83.6 Å².